The molecule has 0 spiro atoms. The van der Waals surface area contributed by atoms with Gasteiger partial charge in [-0.1, -0.05) is 12.1 Å². The Morgan fingerprint density at radius 3 is 2.42 bits per heavy atom. The van der Waals surface area contributed by atoms with Crippen molar-refractivity contribution in [1.82, 2.24) is 10.6 Å². The van der Waals surface area contributed by atoms with Crippen molar-refractivity contribution in [2.45, 2.75) is 19.5 Å². The van der Waals surface area contributed by atoms with Crippen molar-refractivity contribution in [2.75, 3.05) is 12.9 Å². The van der Waals surface area contributed by atoms with Gasteiger partial charge in [0.25, 0.3) is 0 Å². The van der Waals surface area contributed by atoms with Gasteiger partial charge >= 0.3 is 0 Å². The van der Waals surface area contributed by atoms with E-state index in [2.05, 4.69) is 23.3 Å². The normalized spacial score (nSPS) is 11.5. The summed E-state index contributed by atoms with van der Waals surface area (Å²) in [7, 11) is 1.60. The number of carbonyl (C=O) groups is 2. The van der Waals surface area contributed by atoms with Gasteiger partial charge in [0.15, 0.2) is 0 Å². The molecule has 19 heavy (non-hydrogen) atoms. The predicted molar refractivity (Wildman–Crippen MR) is 76.3 cm³/mol. The molecule has 1 rings (SSSR count). The summed E-state index contributed by atoms with van der Waals surface area (Å²) in [5.74, 6) is 0.523. The van der Waals surface area contributed by atoms with Gasteiger partial charge in [-0.3, -0.25) is 9.59 Å². The molecule has 0 heterocycles. The summed E-state index contributed by atoms with van der Waals surface area (Å²) in [4.78, 5) is 22.7. The Morgan fingerprint density at radius 2 is 1.95 bits per heavy atom. The smallest absolute Gasteiger partial charge is 0.243 e. The highest BCUT2D eigenvalue weighted by Gasteiger charge is 2.16. The predicted octanol–water partition coefficient (Wildman–Crippen LogP) is 0.746. The highest BCUT2D eigenvalue weighted by molar-refractivity contribution is 7.80. The first-order valence-corrected chi connectivity index (χ1v) is 6.48. The van der Waals surface area contributed by atoms with E-state index in [9.17, 15) is 9.59 Å². The quantitative estimate of drug-likeness (QED) is 0.674. The molecule has 0 radical (unpaired) electrons. The molecular weight excluding hydrogens is 264 g/mol. The van der Waals surface area contributed by atoms with Gasteiger partial charge in [0.2, 0.25) is 11.8 Å². The van der Waals surface area contributed by atoms with Gasteiger partial charge in [-0.25, -0.2) is 0 Å². The van der Waals surface area contributed by atoms with E-state index < -0.39 is 6.04 Å². The van der Waals surface area contributed by atoms with Gasteiger partial charge in [0, 0.05) is 19.2 Å². The van der Waals surface area contributed by atoms with Crippen LogP contribution in [-0.2, 0) is 16.1 Å². The Morgan fingerprint density at radius 1 is 1.32 bits per heavy atom. The minimum atomic E-state index is -0.612. The van der Waals surface area contributed by atoms with Crippen LogP contribution in [0, 0.1) is 0 Å². The molecule has 0 fully saturated rings. The maximum absolute atomic E-state index is 11.8. The van der Waals surface area contributed by atoms with Crippen LogP contribution in [0.15, 0.2) is 24.3 Å². The van der Waals surface area contributed by atoms with Gasteiger partial charge < -0.3 is 15.4 Å². The van der Waals surface area contributed by atoms with E-state index in [-0.39, 0.29) is 17.6 Å². The van der Waals surface area contributed by atoms with Crippen LogP contribution in [0.3, 0.4) is 0 Å². The van der Waals surface area contributed by atoms with Crippen molar-refractivity contribution in [3.63, 3.8) is 0 Å². The molecule has 2 amide bonds. The lowest BCUT2D eigenvalue weighted by Crippen LogP contribution is -2.47. The van der Waals surface area contributed by atoms with Crippen LogP contribution in [-0.4, -0.2) is 30.7 Å². The second-order valence-electron chi connectivity index (χ2n) is 4.00. The molecule has 0 aliphatic carbocycles. The number of rotatable bonds is 6. The van der Waals surface area contributed by atoms with E-state index in [1.807, 2.05) is 24.3 Å². The topological polar surface area (TPSA) is 67.4 Å². The van der Waals surface area contributed by atoms with Gasteiger partial charge in [-0.2, -0.15) is 12.6 Å². The van der Waals surface area contributed by atoms with Crippen LogP contribution in [0.1, 0.15) is 12.5 Å². The van der Waals surface area contributed by atoms with Crippen molar-refractivity contribution in [1.29, 1.82) is 0 Å². The second kappa shape index (κ2) is 7.68. The third-order valence-electron chi connectivity index (χ3n) is 2.50. The molecule has 6 heteroatoms. The minimum absolute atomic E-state index is 0.249. The van der Waals surface area contributed by atoms with Crippen molar-refractivity contribution in [3.8, 4) is 5.75 Å². The van der Waals surface area contributed by atoms with E-state index in [0.29, 0.717) is 6.54 Å². The summed E-state index contributed by atoms with van der Waals surface area (Å²) in [5.41, 5.74) is 0.954. The van der Waals surface area contributed by atoms with E-state index >= 15 is 0 Å². The zero-order valence-electron chi connectivity index (χ0n) is 11.0. The molecule has 0 aromatic heterocycles. The van der Waals surface area contributed by atoms with Crippen LogP contribution >= 0.6 is 12.6 Å². The van der Waals surface area contributed by atoms with E-state index in [1.165, 1.54) is 6.92 Å². The lowest BCUT2D eigenvalue weighted by molar-refractivity contribution is -0.127. The molecule has 104 valence electrons. The highest BCUT2D eigenvalue weighted by Crippen LogP contribution is 2.10. The van der Waals surface area contributed by atoms with Crippen molar-refractivity contribution < 1.29 is 14.3 Å². The molecule has 1 aromatic rings. The number of hydrogen-bond acceptors (Lipinski definition) is 4. The fourth-order valence-corrected chi connectivity index (χ4v) is 1.75. The van der Waals surface area contributed by atoms with Crippen LogP contribution < -0.4 is 15.4 Å². The minimum Gasteiger partial charge on any atom is -0.497 e. The standard InChI is InChI=1S/C13H18N2O3S/c1-9(16)15-12(8-19)13(17)14-7-10-3-5-11(18-2)6-4-10/h3-6,12,19H,7-8H2,1-2H3,(H,14,17)(H,15,16). The molecule has 0 bridgehead atoms. The number of hydrogen-bond donors (Lipinski definition) is 3. The van der Waals surface area contributed by atoms with E-state index in [0.717, 1.165) is 11.3 Å². The van der Waals surface area contributed by atoms with Crippen LogP contribution in [0.5, 0.6) is 5.75 Å². The first-order valence-electron chi connectivity index (χ1n) is 5.85. The number of ether oxygens (including phenoxy) is 1. The molecule has 0 saturated carbocycles. The van der Waals surface area contributed by atoms with Crippen LogP contribution in [0.25, 0.3) is 0 Å². The van der Waals surface area contributed by atoms with Crippen molar-refractivity contribution >= 4 is 24.4 Å². The molecule has 2 N–H and O–H groups in total. The zero-order chi connectivity index (χ0) is 14.3. The molecular formula is C13H18N2O3S. The average molecular weight is 282 g/mol. The Labute approximate surface area is 118 Å². The molecule has 0 saturated heterocycles. The molecule has 1 unspecified atom stereocenters. The number of carbonyl (C=O) groups excluding carboxylic acids is 2. The largest absolute Gasteiger partial charge is 0.497 e. The first kappa shape index (κ1) is 15.4. The third kappa shape index (κ3) is 5.21. The third-order valence-corrected chi connectivity index (χ3v) is 2.87. The Hall–Kier alpha value is -1.69. The summed E-state index contributed by atoms with van der Waals surface area (Å²) < 4.78 is 5.05. The fourth-order valence-electron chi connectivity index (χ4n) is 1.50. The van der Waals surface area contributed by atoms with Gasteiger partial charge in [-0.05, 0) is 17.7 Å². The Balaban J connectivity index is 2.49. The number of thiol groups is 1. The number of benzene rings is 1. The first-order chi connectivity index (χ1) is 9.06. The molecule has 1 aromatic carbocycles. The van der Waals surface area contributed by atoms with E-state index in [1.54, 1.807) is 7.11 Å². The van der Waals surface area contributed by atoms with Crippen molar-refractivity contribution in [2.24, 2.45) is 0 Å². The molecule has 1 atom stereocenters. The number of methoxy groups -OCH3 is 1. The summed E-state index contributed by atoms with van der Waals surface area (Å²) >= 11 is 4.04. The van der Waals surface area contributed by atoms with Crippen LogP contribution in [0.4, 0.5) is 0 Å². The summed E-state index contributed by atoms with van der Waals surface area (Å²) in [6.07, 6.45) is 0. The Kier molecular flexibility index (Phi) is 6.21. The summed E-state index contributed by atoms with van der Waals surface area (Å²) in [6.45, 7) is 1.76. The lowest BCUT2D eigenvalue weighted by atomic mass is 10.2. The SMILES string of the molecule is COc1ccc(CNC(=O)C(CS)NC(C)=O)cc1. The van der Waals surface area contributed by atoms with Crippen LogP contribution in [0.2, 0.25) is 0 Å². The Bertz CT molecular complexity index is 434. The number of nitrogens with one attached hydrogen (secondary N) is 2. The van der Waals surface area contributed by atoms with Gasteiger partial charge in [0.1, 0.15) is 11.8 Å². The monoisotopic (exact) mass is 282 g/mol. The maximum atomic E-state index is 11.8. The number of amides is 2. The zero-order valence-corrected chi connectivity index (χ0v) is 11.9. The summed E-state index contributed by atoms with van der Waals surface area (Å²) in [5, 5.41) is 5.29. The molecule has 0 aliphatic rings. The second-order valence-corrected chi connectivity index (χ2v) is 4.37. The van der Waals surface area contributed by atoms with Gasteiger partial charge in [-0.15, -0.1) is 0 Å². The maximum Gasteiger partial charge on any atom is 0.243 e. The highest BCUT2D eigenvalue weighted by atomic mass is 32.1. The average Bonchev–Trinajstić information content (AvgIpc) is 2.42. The van der Waals surface area contributed by atoms with Gasteiger partial charge in [0.05, 0.1) is 7.11 Å². The summed E-state index contributed by atoms with van der Waals surface area (Å²) in [6, 6.07) is 6.77. The lowest BCUT2D eigenvalue weighted by Gasteiger charge is -2.15. The molecule has 5 nitrogen and oxygen atoms in total. The van der Waals surface area contributed by atoms with Crippen molar-refractivity contribution in [3.05, 3.63) is 29.8 Å². The fraction of sp³-hybridized carbons (Fsp3) is 0.385. The molecule has 0 aliphatic heterocycles. The van der Waals surface area contributed by atoms with E-state index in [4.69, 9.17) is 4.74 Å².